The van der Waals surface area contributed by atoms with E-state index in [0.29, 0.717) is 5.56 Å². The number of hydrogen-bond donors (Lipinski definition) is 0. The zero-order chi connectivity index (χ0) is 14.4. The molecule has 104 valence electrons. The van der Waals surface area contributed by atoms with Gasteiger partial charge in [-0.25, -0.2) is 4.39 Å². The molecule has 0 amide bonds. The molecule has 1 rings (SSSR count). The smallest absolute Gasteiger partial charge is 0.315 e. The van der Waals surface area contributed by atoms with Crippen LogP contribution in [0.1, 0.15) is 24.0 Å². The summed E-state index contributed by atoms with van der Waals surface area (Å²) in [6.45, 7) is 1.49. The maximum Gasteiger partial charge on any atom is 0.315 e. The van der Waals surface area contributed by atoms with Gasteiger partial charge in [-0.3, -0.25) is 4.79 Å². The number of carbonyl (C=O) groups is 1. The average Bonchev–Trinajstić information content (AvgIpc) is 2.37. The van der Waals surface area contributed by atoms with Crippen LogP contribution in [0.25, 0.3) is 6.08 Å². The molecule has 0 spiro atoms. The first-order valence-electron chi connectivity index (χ1n) is 5.43. The third-order valence-corrected chi connectivity index (χ3v) is 2.68. The lowest BCUT2D eigenvalue weighted by molar-refractivity contribution is -0.155. The Labute approximate surface area is 120 Å². The highest BCUT2D eigenvalue weighted by atomic mass is 35.5. The van der Waals surface area contributed by atoms with E-state index in [2.05, 4.69) is 4.74 Å². The molecule has 3 nitrogen and oxygen atoms in total. The molecule has 0 saturated heterocycles. The second-order valence-electron chi connectivity index (χ2n) is 3.81. The van der Waals surface area contributed by atoms with E-state index >= 15 is 0 Å². The van der Waals surface area contributed by atoms with Crippen molar-refractivity contribution in [2.45, 2.75) is 12.8 Å². The van der Waals surface area contributed by atoms with Gasteiger partial charge in [0.15, 0.2) is 6.79 Å². The Bertz CT molecular complexity index is 485. The van der Waals surface area contributed by atoms with Gasteiger partial charge in [0.1, 0.15) is 10.3 Å². The third-order valence-electron chi connectivity index (χ3n) is 2.46. The van der Waals surface area contributed by atoms with Crippen LogP contribution < -0.4 is 0 Å². The van der Waals surface area contributed by atoms with Crippen LogP contribution in [-0.4, -0.2) is 19.9 Å². The van der Waals surface area contributed by atoms with Crippen LogP contribution in [0.15, 0.2) is 22.7 Å². The van der Waals surface area contributed by atoms with Crippen molar-refractivity contribution < 1.29 is 18.7 Å². The summed E-state index contributed by atoms with van der Waals surface area (Å²) >= 11 is 10.9. The van der Waals surface area contributed by atoms with Crippen LogP contribution in [0, 0.1) is 5.82 Å². The number of benzene rings is 1. The van der Waals surface area contributed by atoms with Crippen LogP contribution in [-0.2, 0) is 14.3 Å². The van der Waals surface area contributed by atoms with Gasteiger partial charge in [0.05, 0.1) is 5.92 Å². The lowest BCUT2D eigenvalue weighted by Gasteiger charge is -2.12. The summed E-state index contributed by atoms with van der Waals surface area (Å²) in [5, 5.41) is 0. The van der Waals surface area contributed by atoms with Gasteiger partial charge in [0, 0.05) is 12.7 Å². The number of ether oxygens (including phenoxy) is 2. The molecule has 0 aliphatic rings. The molecule has 0 heterocycles. The van der Waals surface area contributed by atoms with Crippen molar-refractivity contribution in [3.05, 3.63) is 39.6 Å². The van der Waals surface area contributed by atoms with Crippen LogP contribution in [0.5, 0.6) is 0 Å². The Morgan fingerprint density at radius 2 is 2.16 bits per heavy atom. The molecule has 1 atom stereocenters. The molecule has 1 aromatic rings. The molecule has 1 aromatic carbocycles. The highest BCUT2D eigenvalue weighted by Crippen LogP contribution is 2.22. The van der Waals surface area contributed by atoms with Crippen molar-refractivity contribution in [1.82, 2.24) is 0 Å². The van der Waals surface area contributed by atoms with Gasteiger partial charge in [0.25, 0.3) is 0 Å². The molecular formula is C13H13Cl2FO3. The van der Waals surface area contributed by atoms with Gasteiger partial charge in [-0.05, 0) is 24.6 Å². The molecule has 0 saturated carbocycles. The van der Waals surface area contributed by atoms with E-state index in [9.17, 15) is 9.18 Å². The summed E-state index contributed by atoms with van der Waals surface area (Å²) in [6.07, 6.45) is 1.29. The number of halogens is 3. The fraction of sp³-hybridized carbons (Fsp3) is 0.308. The molecule has 0 aromatic heterocycles. The molecule has 0 aliphatic heterocycles. The summed E-state index contributed by atoms with van der Waals surface area (Å²) in [4.78, 5) is 11.6. The Hall–Kier alpha value is -1.10. The Morgan fingerprint density at radius 3 is 2.68 bits per heavy atom. The van der Waals surface area contributed by atoms with Crippen LogP contribution >= 0.6 is 23.2 Å². The third kappa shape index (κ3) is 4.82. The van der Waals surface area contributed by atoms with Crippen molar-refractivity contribution in [2.24, 2.45) is 0 Å². The number of hydrogen-bond acceptors (Lipinski definition) is 3. The van der Waals surface area contributed by atoms with Crippen molar-refractivity contribution in [1.29, 1.82) is 0 Å². The first-order valence-corrected chi connectivity index (χ1v) is 6.19. The predicted octanol–water partition coefficient (Wildman–Crippen LogP) is 3.85. The second kappa shape index (κ2) is 7.48. The summed E-state index contributed by atoms with van der Waals surface area (Å²) in [5.41, 5.74) is 0.752. The van der Waals surface area contributed by atoms with E-state index in [1.165, 1.54) is 25.3 Å². The molecule has 0 fully saturated rings. The van der Waals surface area contributed by atoms with E-state index in [1.54, 1.807) is 13.0 Å². The van der Waals surface area contributed by atoms with Crippen molar-refractivity contribution in [3.63, 3.8) is 0 Å². The van der Waals surface area contributed by atoms with Crippen molar-refractivity contribution in [2.75, 3.05) is 13.9 Å². The van der Waals surface area contributed by atoms with Gasteiger partial charge >= 0.3 is 5.97 Å². The molecule has 0 bridgehead atoms. The minimum atomic E-state index is -0.589. The first kappa shape index (κ1) is 16.0. The first-order chi connectivity index (χ1) is 8.95. The van der Waals surface area contributed by atoms with E-state index in [4.69, 9.17) is 27.9 Å². The van der Waals surface area contributed by atoms with Crippen molar-refractivity contribution in [3.8, 4) is 0 Å². The monoisotopic (exact) mass is 306 g/mol. The maximum absolute atomic E-state index is 13.7. The fourth-order valence-electron chi connectivity index (χ4n) is 1.43. The molecule has 0 radical (unpaired) electrons. The lowest BCUT2D eigenvalue weighted by atomic mass is 9.99. The maximum atomic E-state index is 13.7. The zero-order valence-corrected chi connectivity index (χ0v) is 12.0. The van der Waals surface area contributed by atoms with Gasteiger partial charge in [-0.2, -0.15) is 0 Å². The molecule has 1 unspecified atom stereocenters. The van der Waals surface area contributed by atoms with Gasteiger partial charge in [-0.15, -0.1) is 0 Å². The molecule has 0 aliphatic carbocycles. The SMILES string of the molecule is COCOC(=O)C(C)c1ccc(C=C(Cl)Cl)c(F)c1. The molecule has 0 N–H and O–H groups in total. The Balaban J connectivity index is 2.88. The van der Waals surface area contributed by atoms with Crippen molar-refractivity contribution >= 4 is 35.2 Å². The van der Waals surface area contributed by atoms with Crippen LogP contribution in [0.4, 0.5) is 4.39 Å². The highest BCUT2D eigenvalue weighted by Gasteiger charge is 2.18. The average molecular weight is 307 g/mol. The van der Waals surface area contributed by atoms with E-state index in [0.717, 1.165) is 0 Å². The number of rotatable bonds is 5. The Kier molecular flexibility index (Phi) is 6.28. The molecular weight excluding hydrogens is 294 g/mol. The predicted molar refractivity (Wildman–Crippen MR) is 72.5 cm³/mol. The van der Waals surface area contributed by atoms with E-state index in [-0.39, 0.29) is 16.8 Å². The normalized spacial score (nSPS) is 11.8. The number of esters is 1. The number of carbonyl (C=O) groups excluding carboxylic acids is 1. The van der Waals surface area contributed by atoms with E-state index < -0.39 is 17.7 Å². The summed E-state index contributed by atoms with van der Waals surface area (Å²) < 4.78 is 23.1. The topological polar surface area (TPSA) is 35.5 Å². The summed E-state index contributed by atoms with van der Waals surface area (Å²) in [6, 6.07) is 4.36. The quantitative estimate of drug-likeness (QED) is 0.612. The summed E-state index contributed by atoms with van der Waals surface area (Å²) in [5.74, 6) is -1.59. The lowest BCUT2D eigenvalue weighted by Crippen LogP contribution is -2.14. The van der Waals surface area contributed by atoms with Gasteiger partial charge in [0.2, 0.25) is 0 Å². The molecule has 6 heteroatoms. The van der Waals surface area contributed by atoms with Crippen LogP contribution in [0.2, 0.25) is 0 Å². The van der Waals surface area contributed by atoms with Gasteiger partial charge in [-0.1, -0.05) is 35.3 Å². The van der Waals surface area contributed by atoms with Gasteiger partial charge < -0.3 is 9.47 Å². The second-order valence-corrected chi connectivity index (χ2v) is 4.81. The minimum absolute atomic E-state index is 0.0424. The minimum Gasteiger partial charge on any atom is -0.438 e. The molecule has 19 heavy (non-hydrogen) atoms. The zero-order valence-electron chi connectivity index (χ0n) is 10.5. The standard InChI is InChI=1S/C13H13Cl2FO3/c1-8(13(17)19-7-18-2)9-3-4-10(6-12(14)15)11(16)5-9/h3-6,8H,7H2,1-2H3. The number of methoxy groups -OCH3 is 1. The largest absolute Gasteiger partial charge is 0.438 e. The Morgan fingerprint density at radius 1 is 1.47 bits per heavy atom. The summed E-state index contributed by atoms with van der Waals surface area (Å²) in [7, 11) is 1.41. The van der Waals surface area contributed by atoms with Crippen LogP contribution in [0.3, 0.4) is 0 Å². The highest BCUT2D eigenvalue weighted by molar-refractivity contribution is 6.57. The fourth-order valence-corrected chi connectivity index (χ4v) is 1.66. The van der Waals surface area contributed by atoms with E-state index in [1.807, 2.05) is 0 Å².